The molecule has 116 valence electrons. The Morgan fingerprint density at radius 3 is 2.33 bits per heavy atom. The van der Waals surface area contributed by atoms with Crippen molar-refractivity contribution in [2.45, 2.75) is 36.7 Å². The smallest absolute Gasteiger partial charge is 0.238 e. The average molecular weight is 309 g/mol. The molecule has 0 radical (unpaired) electrons. The molecule has 2 bridgehead atoms. The molecule has 0 aromatic heterocycles. The van der Waals surface area contributed by atoms with Crippen molar-refractivity contribution in [2.24, 2.45) is 11.1 Å². The van der Waals surface area contributed by atoms with E-state index < -0.39 is 10.0 Å². The van der Waals surface area contributed by atoms with Gasteiger partial charge in [0.2, 0.25) is 10.0 Å². The number of nitrogens with zero attached hydrogens (tertiary/aromatic N) is 1. The fourth-order valence-corrected chi connectivity index (χ4v) is 4.03. The molecular weight excluding hydrogens is 286 g/mol. The van der Waals surface area contributed by atoms with Gasteiger partial charge >= 0.3 is 0 Å². The summed E-state index contributed by atoms with van der Waals surface area (Å²) in [4.78, 5) is 2.69. The summed E-state index contributed by atoms with van der Waals surface area (Å²) in [5.41, 5.74) is 1.10. The fourth-order valence-electron chi connectivity index (χ4n) is 3.52. The predicted octanol–water partition coefficient (Wildman–Crippen LogP) is 1.08. The lowest BCUT2D eigenvalue weighted by Crippen LogP contribution is -2.56. The van der Waals surface area contributed by atoms with Gasteiger partial charge in [-0.1, -0.05) is 12.1 Å². The van der Waals surface area contributed by atoms with Gasteiger partial charge in [0.1, 0.15) is 0 Å². The topological polar surface area (TPSA) is 75.4 Å². The number of hydrogen-bond donors (Lipinski definition) is 2. The first-order valence-corrected chi connectivity index (χ1v) is 9.09. The molecule has 3 aliphatic rings. The number of benzene rings is 1. The van der Waals surface area contributed by atoms with Crippen molar-refractivity contribution in [3.63, 3.8) is 0 Å². The van der Waals surface area contributed by atoms with Crippen molar-refractivity contribution in [2.75, 3.05) is 19.6 Å². The Morgan fingerprint density at radius 1 is 1.24 bits per heavy atom. The highest BCUT2D eigenvalue weighted by atomic mass is 32.2. The predicted molar refractivity (Wildman–Crippen MR) is 82.3 cm³/mol. The molecule has 1 aromatic rings. The van der Waals surface area contributed by atoms with Gasteiger partial charge in [-0.3, -0.25) is 0 Å². The summed E-state index contributed by atoms with van der Waals surface area (Å²) in [6, 6.07) is 7.61. The summed E-state index contributed by atoms with van der Waals surface area (Å²) >= 11 is 0. The molecule has 1 aromatic carbocycles. The quantitative estimate of drug-likeness (QED) is 0.872. The maximum absolute atomic E-state index is 11.3. The van der Waals surface area contributed by atoms with Crippen LogP contribution in [0.2, 0.25) is 0 Å². The van der Waals surface area contributed by atoms with E-state index in [9.17, 15) is 8.42 Å². The molecule has 2 unspecified atom stereocenters. The summed E-state index contributed by atoms with van der Waals surface area (Å²) in [6.07, 6.45) is 2.57. The third-order valence-corrected chi connectivity index (χ3v) is 5.76. The first-order valence-electron chi connectivity index (χ1n) is 7.54. The minimum absolute atomic E-state index is 0.168. The van der Waals surface area contributed by atoms with Crippen molar-refractivity contribution in [1.29, 1.82) is 0 Å². The van der Waals surface area contributed by atoms with E-state index in [-0.39, 0.29) is 10.9 Å². The van der Waals surface area contributed by atoms with E-state index in [4.69, 9.17) is 5.14 Å². The Labute approximate surface area is 126 Å². The summed E-state index contributed by atoms with van der Waals surface area (Å²) in [5, 5.41) is 8.83. The van der Waals surface area contributed by atoms with Crippen molar-refractivity contribution in [1.82, 2.24) is 10.2 Å². The molecule has 5 nitrogen and oxygen atoms in total. The maximum Gasteiger partial charge on any atom is 0.238 e. The van der Waals surface area contributed by atoms with E-state index in [2.05, 4.69) is 17.1 Å². The van der Waals surface area contributed by atoms with Crippen LogP contribution in [0.15, 0.2) is 29.2 Å². The van der Waals surface area contributed by atoms with Crippen molar-refractivity contribution < 1.29 is 8.42 Å². The van der Waals surface area contributed by atoms with Gasteiger partial charge in [-0.05, 0) is 56.5 Å². The molecule has 3 aliphatic heterocycles. The number of nitrogens with one attached hydrogen (secondary N) is 1. The summed E-state index contributed by atoms with van der Waals surface area (Å²) in [6.45, 7) is 5.73. The minimum atomic E-state index is -3.61. The second-order valence-corrected chi connectivity index (χ2v) is 7.81. The Morgan fingerprint density at radius 2 is 1.86 bits per heavy atom. The summed E-state index contributed by atoms with van der Waals surface area (Å²) < 4.78 is 22.5. The van der Waals surface area contributed by atoms with Gasteiger partial charge in [0, 0.05) is 18.6 Å². The van der Waals surface area contributed by atoms with Crippen LogP contribution in [0, 0.1) is 5.92 Å². The molecule has 0 amide bonds. The molecule has 0 saturated carbocycles. The zero-order chi connectivity index (χ0) is 15.0. The Hall–Kier alpha value is -0.950. The summed E-state index contributed by atoms with van der Waals surface area (Å²) in [7, 11) is -3.61. The molecule has 0 aliphatic carbocycles. The molecule has 0 spiro atoms. The second kappa shape index (κ2) is 5.68. The fraction of sp³-hybridized carbons (Fsp3) is 0.600. The van der Waals surface area contributed by atoms with E-state index in [1.54, 1.807) is 12.1 Å². The molecule has 3 saturated heterocycles. The molecule has 21 heavy (non-hydrogen) atoms. The zero-order valence-electron chi connectivity index (χ0n) is 12.3. The lowest BCUT2D eigenvalue weighted by molar-refractivity contribution is 0.0680. The molecule has 3 N–H and O–H groups in total. The number of hydrogen-bond acceptors (Lipinski definition) is 4. The first-order chi connectivity index (χ1) is 9.93. The average Bonchev–Trinajstić information content (AvgIpc) is 2.48. The number of fused-ring (bicyclic) bond motifs is 3. The van der Waals surface area contributed by atoms with Crippen molar-refractivity contribution >= 4 is 10.0 Å². The van der Waals surface area contributed by atoms with E-state index >= 15 is 0 Å². The number of primary sulfonamides is 1. The van der Waals surface area contributed by atoms with Gasteiger partial charge in [0.15, 0.2) is 0 Å². The van der Waals surface area contributed by atoms with Gasteiger partial charge in [-0.2, -0.15) is 0 Å². The maximum atomic E-state index is 11.3. The van der Waals surface area contributed by atoms with Crippen LogP contribution in [0.1, 0.15) is 31.4 Å². The van der Waals surface area contributed by atoms with E-state index in [1.807, 2.05) is 12.1 Å². The minimum Gasteiger partial charge on any atom is -0.306 e. The molecule has 6 heteroatoms. The monoisotopic (exact) mass is 309 g/mol. The van der Waals surface area contributed by atoms with Crippen LogP contribution in [0.25, 0.3) is 0 Å². The van der Waals surface area contributed by atoms with Crippen molar-refractivity contribution in [3.8, 4) is 0 Å². The number of sulfonamides is 1. The van der Waals surface area contributed by atoms with Crippen molar-refractivity contribution in [3.05, 3.63) is 29.8 Å². The summed E-state index contributed by atoms with van der Waals surface area (Å²) in [5.74, 6) is 0.779. The molecule has 3 fully saturated rings. The Bertz CT molecular complexity index is 592. The van der Waals surface area contributed by atoms with E-state index in [0.29, 0.717) is 6.04 Å². The SMILES string of the molecule is CC(NC1CN2CCC1CC2)c1ccc(S(N)(=O)=O)cc1. The van der Waals surface area contributed by atoms with Crippen LogP contribution in [-0.2, 0) is 10.0 Å². The lowest BCUT2D eigenvalue weighted by atomic mass is 9.83. The standard InChI is InChI=1S/C15H23N3O2S/c1-11(12-2-4-14(5-3-12)21(16,19)20)17-15-10-18-8-6-13(15)7-9-18/h2-5,11,13,15,17H,6-10H2,1H3,(H2,16,19,20). The van der Waals surface area contributed by atoms with Crippen LogP contribution >= 0.6 is 0 Å². The van der Waals surface area contributed by atoms with Gasteiger partial charge in [0.05, 0.1) is 4.90 Å². The highest BCUT2D eigenvalue weighted by molar-refractivity contribution is 7.89. The van der Waals surface area contributed by atoms with E-state index in [0.717, 1.165) is 18.0 Å². The normalized spacial score (nSPS) is 30.3. The largest absolute Gasteiger partial charge is 0.306 e. The molecular formula is C15H23N3O2S. The lowest BCUT2D eigenvalue weighted by Gasteiger charge is -2.46. The molecule has 4 rings (SSSR count). The number of rotatable bonds is 4. The number of nitrogens with two attached hydrogens (primary N) is 1. The third kappa shape index (κ3) is 3.29. The van der Waals surface area contributed by atoms with Gasteiger partial charge in [0.25, 0.3) is 0 Å². The highest BCUT2D eigenvalue weighted by Gasteiger charge is 2.34. The molecule has 3 heterocycles. The molecule has 2 atom stereocenters. The first kappa shape index (κ1) is 15.0. The van der Waals surface area contributed by atoms with E-state index in [1.165, 1.54) is 25.9 Å². The highest BCUT2D eigenvalue weighted by Crippen LogP contribution is 2.29. The Balaban J connectivity index is 1.67. The van der Waals surface area contributed by atoms with Crippen LogP contribution in [0.3, 0.4) is 0 Å². The van der Waals surface area contributed by atoms with Gasteiger partial charge < -0.3 is 10.2 Å². The van der Waals surface area contributed by atoms with Crippen LogP contribution in [0.4, 0.5) is 0 Å². The Kier molecular flexibility index (Phi) is 4.05. The number of piperidine rings is 3. The van der Waals surface area contributed by atoms with Crippen LogP contribution in [-0.4, -0.2) is 39.0 Å². The van der Waals surface area contributed by atoms with Gasteiger partial charge in [-0.25, -0.2) is 13.6 Å². The van der Waals surface area contributed by atoms with Gasteiger partial charge in [-0.15, -0.1) is 0 Å². The third-order valence-electron chi connectivity index (χ3n) is 4.83. The van der Waals surface area contributed by atoms with Crippen LogP contribution < -0.4 is 10.5 Å². The van der Waals surface area contributed by atoms with Crippen LogP contribution in [0.5, 0.6) is 0 Å². The second-order valence-electron chi connectivity index (χ2n) is 6.25. The zero-order valence-corrected chi connectivity index (χ0v) is 13.1.